The van der Waals surface area contributed by atoms with Gasteiger partial charge in [0.25, 0.3) is 0 Å². The Labute approximate surface area is 118 Å². The number of rotatable bonds is 5. The molecule has 0 radical (unpaired) electrons. The van der Waals surface area contributed by atoms with Gasteiger partial charge in [-0.1, -0.05) is 6.92 Å². The molecule has 0 aliphatic rings. The van der Waals surface area contributed by atoms with E-state index in [1.807, 2.05) is 25.1 Å². The van der Waals surface area contributed by atoms with Gasteiger partial charge >= 0.3 is 6.18 Å². The molecule has 4 nitrogen and oxygen atoms in total. The highest BCUT2D eigenvalue weighted by Crippen LogP contribution is 2.30. The van der Waals surface area contributed by atoms with Gasteiger partial charge in [0, 0.05) is 30.7 Å². The van der Waals surface area contributed by atoms with Gasteiger partial charge in [-0.3, -0.25) is 9.58 Å². The van der Waals surface area contributed by atoms with E-state index in [2.05, 4.69) is 10.1 Å². The van der Waals surface area contributed by atoms with Crippen LogP contribution in [0, 0.1) is 0 Å². The van der Waals surface area contributed by atoms with E-state index < -0.39 is 11.9 Å². The van der Waals surface area contributed by atoms with Gasteiger partial charge in [0.2, 0.25) is 0 Å². The largest absolute Gasteiger partial charge is 0.434 e. The number of aromatic nitrogens is 3. The predicted octanol–water partition coefficient (Wildman–Crippen LogP) is 2.92. The highest BCUT2D eigenvalue weighted by Gasteiger charge is 2.33. The van der Waals surface area contributed by atoms with E-state index in [1.165, 1.54) is 0 Å². The monoisotopic (exact) mass is 304 g/mol. The fourth-order valence-electron chi connectivity index (χ4n) is 1.80. The number of hydrogen-bond acceptors (Lipinski definition) is 4. The molecule has 0 amide bonds. The van der Waals surface area contributed by atoms with E-state index in [-0.39, 0.29) is 0 Å². The first kappa shape index (κ1) is 15.0. The first-order valence-corrected chi connectivity index (χ1v) is 6.98. The molecule has 0 aliphatic carbocycles. The molecule has 2 aromatic rings. The third-order valence-electron chi connectivity index (χ3n) is 2.81. The third-order valence-corrected chi connectivity index (χ3v) is 3.65. The average molecular weight is 304 g/mol. The Bertz CT molecular complexity index is 561. The fourth-order valence-corrected chi connectivity index (χ4v) is 2.64. The Morgan fingerprint density at radius 2 is 2.10 bits per heavy atom. The van der Waals surface area contributed by atoms with Gasteiger partial charge < -0.3 is 0 Å². The number of halogens is 3. The van der Waals surface area contributed by atoms with Gasteiger partial charge in [-0.25, -0.2) is 4.98 Å². The van der Waals surface area contributed by atoms with Crippen molar-refractivity contribution < 1.29 is 13.2 Å². The van der Waals surface area contributed by atoms with Crippen LogP contribution in [-0.4, -0.2) is 26.2 Å². The van der Waals surface area contributed by atoms with Crippen LogP contribution in [0.25, 0.3) is 0 Å². The number of nitrogens with zero attached hydrogens (tertiary/aromatic N) is 4. The lowest BCUT2D eigenvalue weighted by atomic mass is 10.3. The van der Waals surface area contributed by atoms with E-state index in [0.717, 1.165) is 28.8 Å². The number of aryl methyl sites for hydroxylation is 1. The molecule has 8 heteroatoms. The third kappa shape index (κ3) is 3.80. The van der Waals surface area contributed by atoms with Gasteiger partial charge in [-0.15, -0.1) is 11.3 Å². The Kier molecular flexibility index (Phi) is 4.44. The van der Waals surface area contributed by atoms with Crippen molar-refractivity contribution in [3.63, 3.8) is 0 Å². The molecule has 2 aromatic heterocycles. The van der Waals surface area contributed by atoms with E-state index >= 15 is 0 Å². The molecule has 2 rings (SSSR count). The van der Waals surface area contributed by atoms with Crippen LogP contribution in [0.3, 0.4) is 0 Å². The molecular formula is C12H15F3N4S. The normalized spacial score (nSPS) is 12.3. The summed E-state index contributed by atoms with van der Waals surface area (Å²) >= 11 is 1.04. The van der Waals surface area contributed by atoms with Crippen LogP contribution in [0.5, 0.6) is 0 Å². The Balaban J connectivity index is 2.01. The van der Waals surface area contributed by atoms with Crippen LogP contribution in [0.2, 0.25) is 0 Å². The summed E-state index contributed by atoms with van der Waals surface area (Å²) in [6.07, 6.45) is -0.716. The standard InChI is InChI=1S/C12H15F3N4S/c1-3-19(6-9-4-16-18(2)5-9)7-11-17-10(8-20-11)12(13,14)15/h4-5,8H,3,6-7H2,1-2H3. The van der Waals surface area contributed by atoms with E-state index in [1.54, 1.807) is 10.9 Å². The molecule has 0 aromatic carbocycles. The van der Waals surface area contributed by atoms with Crippen LogP contribution < -0.4 is 0 Å². The number of hydrogen-bond donors (Lipinski definition) is 0. The molecule has 0 unspecified atom stereocenters. The molecule has 0 bridgehead atoms. The lowest BCUT2D eigenvalue weighted by Crippen LogP contribution is -2.22. The molecule has 110 valence electrons. The maximum absolute atomic E-state index is 12.5. The van der Waals surface area contributed by atoms with Gasteiger partial charge in [0.15, 0.2) is 5.69 Å². The molecule has 0 atom stereocenters. The lowest BCUT2D eigenvalue weighted by molar-refractivity contribution is -0.140. The smallest absolute Gasteiger partial charge is 0.293 e. The average Bonchev–Trinajstić information content (AvgIpc) is 2.97. The number of thiazole rings is 1. The van der Waals surface area contributed by atoms with E-state index in [9.17, 15) is 13.2 Å². The summed E-state index contributed by atoms with van der Waals surface area (Å²) in [6, 6.07) is 0. The molecule has 0 N–H and O–H groups in total. The molecular weight excluding hydrogens is 289 g/mol. The second-order valence-corrected chi connectivity index (χ2v) is 5.39. The molecule has 0 saturated carbocycles. The van der Waals surface area contributed by atoms with Crippen molar-refractivity contribution in [3.8, 4) is 0 Å². The minimum atomic E-state index is -4.37. The summed E-state index contributed by atoms with van der Waals surface area (Å²) in [5.74, 6) is 0. The fraction of sp³-hybridized carbons (Fsp3) is 0.500. The highest BCUT2D eigenvalue weighted by atomic mass is 32.1. The summed E-state index contributed by atoms with van der Waals surface area (Å²) in [5.41, 5.74) is 0.219. The lowest BCUT2D eigenvalue weighted by Gasteiger charge is -2.17. The van der Waals surface area contributed by atoms with Crippen LogP contribution >= 0.6 is 11.3 Å². The molecule has 0 fully saturated rings. The van der Waals surface area contributed by atoms with Crippen LogP contribution in [0.4, 0.5) is 13.2 Å². The number of alkyl halides is 3. The zero-order chi connectivity index (χ0) is 14.8. The van der Waals surface area contributed by atoms with Crippen molar-refractivity contribution in [2.24, 2.45) is 7.05 Å². The second kappa shape index (κ2) is 5.92. The van der Waals surface area contributed by atoms with E-state index in [4.69, 9.17) is 0 Å². The summed E-state index contributed by atoms with van der Waals surface area (Å²) in [5, 5.41) is 5.61. The molecule has 20 heavy (non-hydrogen) atoms. The van der Waals surface area contributed by atoms with Gasteiger partial charge in [-0.05, 0) is 6.54 Å². The maximum atomic E-state index is 12.5. The van der Waals surface area contributed by atoms with Gasteiger partial charge in [-0.2, -0.15) is 18.3 Å². The topological polar surface area (TPSA) is 34.0 Å². The van der Waals surface area contributed by atoms with Crippen molar-refractivity contribution >= 4 is 11.3 Å². The highest BCUT2D eigenvalue weighted by molar-refractivity contribution is 7.09. The van der Waals surface area contributed by atoms with Gasteiger partial charge in [0.05, 0.1) is 12.7 Å². The maximum Gasteiger partial charge on any atom is 0.434 e. The Hall–Kier alpha value is -1.41. The van der Waals surface area contributed by atoms with Crippen LogP contribution in [0.15, 0.2) is 17.8 Å². The summed E-state index contributed by atoms with van der Waals surface area (Å²) in [6.45, 7) is 3.75. The summed E-state index contributed by atoms with van der Waals surface area (Å²) < 4.78 is 39.2. The first-order valence-electron chi connectivity index (χ1n) is 6.10. The Morgan fingerprint density at radius 3 is 2.60 bits per heavy atom. The predicted molar refractivity (Wildman–Crippen MR) is 70.1 cm³/mol. The second-order valence-electron chi connectivity index (χ2n) is 4.45. The molecule has 0 aliphatic heterocycles. The van der Waals surface area contributed by atoms with Crippen molar-refractivity contribution in [2.75, 3.05) is 6.54 Å². The minimum Gasteiger partial charge on any atom is -0.293 e. The minimum absolute atomic E-state index is 0.409. The summed E-state index contributed by atoms with van der Waals surface area (Å²) in [7, 11) is 1.83. The van der Waals surface area contributed by atoms with Crippen LogP contribution in [-0.2, 0) is 26.3 Å². The van der Waals surface area contributed by atoms with Crippen molar-refractivity contribution in [2.45, 2.75) is 26.2 Å². The van der Waals surface area contributed by atoms with Gasteiger partial charge in [0.1, 0.15) is 5.01 Å². The SMILES string of the molecule is CCN(Cc1cnn(C)c1)Cc1nc(C(F)(F)F)cs1. The first-order chi connectivity index (χ1) is 9.38. The molecule has 0 saturated heterocycles. The Morgan fingerprint density at radius 1 is 1.35 bits per heavy atom. The zero-order valence-corrected chi connectivity index (χ0v) is 12.0. The molecule has 0 spiro atoms. The zero-order valence-electron chi connectivity index (χ0n) is 11.2. The summed E-state index contributed by atoms with van der Waals surface area (Å²) in [4.78, 5) is 5.67. The van der Waals surface area contributed by atoms with Crippen molar-refractivity contribution in [1.82, 2.24) is 19.7 Å². The van der Waals surface area contributed by atoms with E-state index in [0.29, 0.717) is 18.1 Å². The quantitative estimate of drug-likeness (QED) is 0.852. The van der Waals surface area contributed by atoms with Crippen LogP contribution in [0.1, 0.15) is 23.2 Å². The van der Waals surface area contributed by atoms with Crippen molar-refractivity contribution in [1.29, 1.82) is 0 Å². The molecule has 2 heterocycles. The van der Waals surface area contributed by atoms with Crippen molar-refractivity contribution in [3.05, 3.63) is 34.0 Å².